The topological polar surface area (TPSA) is 12.0 Å². The van der Waals surface area contributed by atoms with Gasteiger partial charge in [0, 0.05) is 17.4 Å². The molecule has 2 rings (SSSR count). The van der Waals surface area contributed by atoms with Crippen molar-refractivity contribution in [3.05, 3.63) is 34.6 Å². The number of rotatable bonds is 1. The van der Waals surface area contributed by atoms with E-state index in [2.05, 4.69) is 19.2 Å². The average molecular weight is 239 g/mol. The molecule has 0 spiro atoms. The highest BCUT2D eigenvalue weighted by molar-refractivity contribution is 7.98. The quantitative estimate of drug-likeness (QED) is 0.807. The summed E-state index contributed by atoms with van der Waals surface area (Å²) in [5, 5.41) is 3.26. The molecule has 0 saturated carbocycles. The van der Waals surface area contributed by atoms with Crippen LogP contribution in [-0.4, -0.2) is 12.8 Å². The fourth-order valence-corrected chi connectivity index (χ4v) is 3.70. The monoisotopic (exact) mass is 239 g/mol. The van der Waals surface area contributed by atoms with Crippen LogP contribution in [0.5, 0.6) is 0 Å². The van der Waals surface area contributed by atoms with E-state index < -0.39 is 0 Å². The molecule has 0 saturated heterocycles. The van der Waals surface area contributed by atoms with Gasteiger partial charge < -0.3 is 5.32 Å². The van der Waals surface area contributed by atoms with Crippen LogP contribution in [0.25, 0.3) is 0 Å². The molecular weight excluding hydrogens is 221 g/mol. The molecule has 0 radical (unpaired) electrons. The van der Waals surface area contributed by atoms with Crippen LogP contribution in [0, 0.1) is 18.7 Å². The molecule has 0 amide bonds. The molecule has 1 aliphatic rings. The summed E-state index contributed by atoms with van der Waals surface area (Å²) in [6, 6.07) is 3.63. The fourth-order valence-electron chi connectivity index (χ4n) is 2.43. The highest BCUT2D eigenvalue weighted by atomic mass is 32.2. The molecule has 1 N–H and O–H groups in total. The molecule has 1 heterocycles. The van der Waals surface area contributed by atoms with E-state index in [1.54, 1.807) is 6.07 Å². The molecule has 0 aromatic heterocycles. The van der Waals surface area contributed by atoms with Crippen LogP contribution < -0.4 is 5.32 Å². The number of hydrogen-bond donors (Lipinski definition) is 1. The summed E-state index contributed by atoms with van der Waals surface area (Å²) in [6.07, 6.45) is 0. The lowest BCUT2D eigenvalue weighted by Gasteiger charge is -2.23. The Balaban J connectivity index is 2.57. The smallest absolute Gasteiger partial charge is 0.128 e. The zero-order valence-corrected chi connectivity index (χ0v) is 10.8. The SMILES string of the molecule is CNC1c2c(F)ccc(C)c2CSCC1C. The first-order valence-electron chi connectivity index (χ1n) is 5.68. The highest BCUT2D eigenvalue weighted by Gasteiger charge is 2.27. The molecule has 3 heteroatoms. The van der Waals surface area contributed by atoms with Gasteiger partial charge in [-0.1, -0.05) is 13.0 Å². The van der Waals surface area contributed by atoms with Crippen molar-refractivity contribution >= 4 is 11.8 Å². The van der Waals surface area contributed by atoms with Crippen molar-refractivity contribution in [2.24, 2.45) is 5.92 Å². The summed E-state index contributed by atoms with van der Waals surface area (Å²) in [5.74, 6) is 2.42. The van der Waals surface area contributed by atoms with Crippen LogP contribution in [-0.2, 0) is 5.75 Å². The Morgan fingerprint density at radius 3 is 2.88 bits per heavy atom. The van der Waals surface area contributed by atoms with Crippen molar-refractivity contribution < 1.29 is 4.39 Å². The Kier molecular flexibility index (Phi) is 3.55. The summed E-state index contributed by atoms with van der Waals surface area (Å²) < 4.78 is 14.0. The Labute approximate surface area is 101 Å². The largest absolute Gasteiger partial charge is 0.313 e. The van der Waals surface area contributed by atoms with E-state index in [-0.39, 0.29) is 11.9 Å². The number of aryl methyl sites for hydroxylation is 1. The second-order valence-corrected chi connectivity index (χ2v) is 5.55. The predicted octanol–water partition coefficient (Wildman–Crippen LogP) is 3.28. The zero-order valence-electron chi connectivity index (χ0n) is 10.0. The summed E-state index contributed by atoms with van der Waals surface area (Å²) in [6.45, 7) is 4.26. The van der Waals surface area contributed by atoms with Gasteiger partial charge in [-0.05, 0) is 42.8 Å². The van der Waals surface area contributed by atoms with E-state index in [4.69, 9.17) is 0 Å². The second kappa shape index (κ2) is 4.76. The zero-order chi connectivity index (χ0) is 11.7. The van der Waals surface area contributed by atoms with Crippen LogP contribution in [0.2, 0.25) is 0 Å². The van der Waals surface area contributed by atoms with E-state index in [0.717, 1.165) is 17.1 Å². The van der Waals surface area contributed by atoms with E-state index in [1.165, 1.54) is 11.1 Å². The molecule has 16 heavy (non-hydrogen) atoms. The molecule has 88 valence electrons. The van der Waals surface area contributed by atoms with Crippen molar-refractivity contribution in [3.63, 3.8) is 0 Å². The number of halogens is 1. The van der Waals surface area contributed by atoms with Crippen LogP contribution in [0.3, 0.4) is 0 Å². The molecular formula is C13H18FNS. The molecule has 0 fully saturated rings. The maximum atomic E-state index is 14.0. The minimum absolute atomic E-state index is 0.0608. The third-order valence-electron chi connectivity index (χ3n) is 3.36. The van der Waals surface area contributed by atoms with Crippen molar-refractivity contribution in [1.82, 2.24) is 5.32 Å². The highest BCUT2D eigenvalue weighted by Crippen LogP contribution is 2.36. The molecule has 1 nitrogen and oxygen atoms in total. The lowest BCUT2D eigenvalue weighted by molar-refractivity contribution is 0.430. The molecule has 2 atom stereocenters. The van der Waals surface area contributed by atoms with Gasteiger partial charge in [0.15, 0.2) is 0 Å². The minimum Gasteiger partial charge on any atom is -0.313 e. The fraction of sp³-hybridized carbons (Fsp3) is 0.538. The lowest BCUT2D eigenvalue weighted by Crippen LogP contribution is -2.25. The number of fused-ring (bicyclic) bond motifs is 1. The third-order valence-corrected chi connectivity index (χ3v) is 4.61. The van der Waals surface area contributed by atoms with Crippen LogP contribution in [0.4, 0.5) is 4.39 Å². The molecule has 0 bridgehead atoms. The standard InChI is InChI=1S/C13H18FNS/c1-8-4-5-11(14)12-10(8)7-16-6-9(2)13(12)15-3/h4-5,9,13,15H,6-7H2,1-3H3. The number of thioether (sulfide) groups is 1. The number of nitrogens with one attached hydrogen (secondary N) is 1. The average Bonchev–Trinajstić information content (AvgIpc) is 2.43. The van der Waals surface area contributed by atoms with Gasteiger partial charge in [0.25, 0.3) is 0 Å². The second-order valence-electron chi connectivity index (χ2n) is 4.52. The van der Waals surface area contributed by atoms with Crippen LogP contribution in [0.1, 0.15) is 29.7 Å². The summed E-state index contributed by atoms with van der Waals surface area (Å²) >= 11 is 1.90. The first-order chi connectivity index (χ1) is 7.65. The van der Waals surface area contributed by atoms with Gasteiger partial charge in [-0.15, -0.1) is 0 Å². The molecule has 0 aliphatic carbocycles. The van der Waals surface area contributed by atoms with Gasteiger partial charge in [0.05, 0.1) is 0 Å². The van der Waals surface area contributed by atoms with Gasteiger partial charge >= 0.3 is 0 Å². The van der Waals surface area contributed by atoms with E-state index in [0.29, 0.717) is 5.92 Å². The van der Waals surface area contributed by atoms with Gasteiger partial charge in [-0.25, -0.2) is 4.39 Å². The van der Waals surface area contributed by atoms with Gasteiger partial charge in [0.1, 0.15) is 5.82 Å². The Morgan fingerprint density at radius 1 is 1.44 bits per heavy atom. The summed E-state index contributed by atoms with van der Waals surface area (Å²) in [5.41, 5.74) is 3.28. The summed E-state index contributed by atoms with van der Waals surface area (Å²) in [4.78, 5) is 0. The van der Waals surface area contributed by atoms with Gasteiger partial charge in [-0.2, -0.15) is 11.8 Å². The lowest BCUT2D eigenvalue weighted by atomic mass is 9.90. The van der Waals surface area contributed by atoms with E-state index in [9.17, 15) is 4.39 Å². The first-order valence-corrected chi connectivity index (χ1v) is 6.83. The Morgan fingerprint density at radius 2 is 2.19 bits per heavy atom. The van der Waals surface area contributed by atoms with E-state index >= 15 is 0 Å². The molecule has 1 aromatic rings. The maximum Gasteiger partial charge on any atom is 0.128 e. The molecule has 1 aliphatic heterocycles. The number of benzene rings is 1. The molecule has 1 aromatic carbocycles. The minimum atomic E-state index is -0.0608. The Bertz CT molecular complexity index is 392. The van der Waals surface area contributed by atoms with Crippen molar-refractivity contribution in [2.75, 3.05) is 12.8 Å². The van der Waals surface area contributed by atoms with Crippen molar-refractivity contribution in [2.45, 2.75) is 25.6 Å². The van der Waals surface area contributed by atoms with Crippen LogP contribution >= 0.6 is 11.8 Å². The predicted molar refractivity (Wildman–Crippen MR) is 68.3 cm³/mol. The number of hydrogen-bond acceptors (Lipinski definition) is 2. The summed E-state index contributed by atoms with van der Waals surface area (Å²) in [7, 11) is 1.92. The third kappa shape index (κ3) is 1.98. The first kappa shape index (κ1) is 11.9. The van der Waals surface area contributed by atoms with Crippen molar-refractivity contribution in [3.8, 4) is 0 Å². The van der Waals surface area contributed by atoms with Crippen LogP contribution in [0.15, 0.2) is 12.1 Å². The van der Waals surface area contributed by atoms with Gasteiger partial charge in [0.2, 0.25) is 0 Å². The maximum absolute atomic E-state index is 14.0. The molecule has 2 unspecified atom stereocenters. The normalized spacial score (nSPS) is 25.0. The van der Waals surface area contributed by atoms with Crippen molar-refractivity contribution in [1.29, 1.82) is 0 Å². The Hall–Kier alpha value is -0.540. The van der Waals surface area contributed by atoms with Gasteiger partial charge in [-0.3, -0.25) is 0 Å². The van der Waals surface area contributed by atoms with E-state index in [1.807, 2.05) is 24.9 Å².